The smallest absolute Gasteiger partial charge is 0.195 e. The Morgan fingerprint density at radius 3 is 0.953 bits per heavy atom. The Balaban J connectivity index is -0.000000291. The summed E-state index contributed by atoms with van der Waals surface area (Å²) in [6.07, 6.45) is 32.7. The molecule has 0 radical (unpaired) electrons. The topological polar surface area (TPSA) is 108 Å². The van der Waals surface area contributed by atoms with Crippen molar-refractivity contribution in [2.24, 2.45) is 35.2 Å². The fourth-order valence-corrected chi connectivity index (χ4v) is 6.92. The van der Waals surface area contributed by atoms with Crippen LogP contribution in [-0.4, -0.2) is 48.3 Å². The van der Waals surface area contributed by atoms with Crippen LogP contribution in [0.3, 0.4) is 0 Å². The first-order valence-electron chi connectivity index (χ1n) is 31.2. The lowest BCUT2D eigenvalue weighted by atomic mass is 10.2. The van der Waals surface area contributed by atoms with Gasteiger partial charge in [-0.15, -0.1) is 46.8 Å². The maximum absolute atomic E-state index is 4.24. The fraction of sp³-hybridized carbons (Fsp3) is 0.429. The first-order chi connectivity index (χ1) is 41.4. The van der Waals surface area contributed by atoms with Crippen molar-refractivity contribution in [3.63, 3.8) is 0 Å². The van der Waals surface area contributed by atoms with Crippen LogP contribution in [-0.2, 0) is 35.2 Å². The van der Waals surface area contributed by atoms with Crippen LogP contribution >= 0.6 is 0 Å². The van der Waals surface area contributed by atoms with Crippen molar-refractivity contribution in [2.75, 3.05) is 0 Å². The molecule has 0 bridgehead atoms. The van der Waals surface area contributed by atoms with Gasteiger partial charge in [-0.3, -0.25) is 15.0 Å². The van der Waals surface area contributed by atoms with Gasteiger partial charge in [0.15, 0.2) is 66.2 Å². The van der Waals surface area contributed by atoms with Gasteiger partial charge in [0.2, 0.25) is 0 Å². The minimum absolute atomic E-state index is 0.974. The first kappa shape index (κ1) is 85.6. The van der Waals surface area contributed by atoms with Gasteiger partial charge in [0.1, 0.15) is 34.8 Å². The van der Waals surface area contributed by atoms with E-state index in [0.717, 1.165) is 28.5 Å². The van der Waals surface area contributed by atoms with Gasteiger partial charge in [-0.25, -0.2) is 9.97 Å². The number of pyridine rings is 3. The Bertz CT molecular complexity index is 2570. The summed E-state index contributed by atoms with van der Waals surface area (Å²) in [5, 5.41) is 0. The van der Waals surface area contributed by atoms with E-state index in [-0.39, 0.29) is 0 Å². The molecule has 0 fully saturated rings. The summed E-state index contributed by atoms with van der Waals surface area (Å²) >= 11 is 0. The van der Waals surface area contributed by atoms with Crippen molar-refractivity contribution in [3.8, 4) is 28.4 Å². The van der Waals surface area contributed by atoms with Crippen LogP contribution in [0.2, 0.25) is 0 Å². The van der Waals surface area contributed by atoms with Gasteiger partial charge in [-0.05, 0) is 81.6 Å². The SMILES string of the molecule is CC.CC.CC.CC.CC.CC.CC.CC.CC.CC.Cc1ccccc1-n1ccc[n+]1C.Cc1ccncc1-n1ccc[n+]1C.Cc1cnccc1-n1ccc[n+]1C.Cc1ncccc1-n1ccc[n+]1C.Cc1ncncc1-n1ccc[n+]1C. The molecule has 470 valence electrons. The number of rotatable bonds is 5. The van der Waals surface area contributed by atoms with E-state index in [0.29, 0.717) is 0 Å². The van der Waals surface area contributed by atoms with Crippen molar-refractivity contribution >= 4 is 0 Å². The van der Waals surface area contributed by atoms with Gasteiger partial charge in [0.25, 0.3) is 0 Å². The van der Waals surface area contributed by atoms with Crippen LogP contribution in [0.4, 0.5) is 0 Å². The maximum atomic E-state index is 4.24. The zero-order chi connectivity index (χ0) is 66.3. The average Bonchev–Trinajstić information content (AvgIpc) is 4.60. The van der Waals surface area contributed by atoms with E-state index < -0.39 is 0 Å². The second-order valence-corrected chi connectivity index (χ2v) is 15.3. The summed E-state index contributed by atoms with van der Waals surface area (Å²) in [4.78, 5) is 20.5. The molecule has 9 aromatic heterocycles. The number of nitrogens with zero attached hydrogens (tertiary/aromatic N) is 15. The molecular weight excluding hydrogens is 1050 g/mol. The summed E-state index contributed by atoms with van der Waals surface area (Å²) in [5.41, 5.74) is 11.3. The molecule has 0 atom stereocenters. The Hall–Kier alpha value is -8.20. The number of hydrogen-bond acceptors (Lipinski definition) is 5. The molecule has 0 saturated heterocycles. The third kappa shape index (κ3) is 30.3. The van der Waals surface area contributed by atoms with E-state index in [9.17, 15) is 0 Å². The molecule has 1 aromatic carbocycles. The first-order valence-corrected chi connectivity index (χ1v) is 31.2. The minimum Gasteiger partial charge on any atom is -0.264 e. The predicted octanol–water partition coefficient (Wildman–Crippen LogP) is 15.3. The second-order valence-electron chi connectivity index (χ2n) is 15.3. The summed E-state index contributed by atoms with van der Waals surface area (Å²) in [6.45, 7) is 50.2. The summed E-state index contributed by atoms with van der Waals surface area (Å²) < 4.78 is 20.4. The highest BCUT2D eigenvalue weighted by Gasteiger charge is 2.11. The lowest BCUT2D eigenvalue weighted by Crippen LogP contribution is -2.37. The Morgan fingerprint density at radius 1 is 0.271 bits per heavy atom. The lowest BCUT2D eigenvalue weighted by molar-refractivity contribution is -0.744. The minimum atomic E-state index is 0.974. The molecule has 0 aliphatic carbocycles. The van der Waals surface area contributed by atoms with E-state index in [4.69, 9.17) is 0 Å². The van der Waals surface area contributed by atoms with Crippen molar-refractivity contribution in [3.05, 3.63) is 212 Å². The highest BCUT2D eigenvalue weighted by molar-refractivity contribution is 5.39. The van der Waals surface area contributed by atoms with E-state index in [2.05, 4.69) is 106 Å². The zero-order valence-electron chi connectivity index (χ0n) is 59.0. The molecule has 15 nitrogen and oxygen atoms in total. The molecule has 85 heavy (non-hydrogen) atoms. The highest BCUT2D eigenvalue weighted by atomic mass is 15.4. The highest BCUT2D eigenvalue weighted by Crippen LogP contribution is 2.12. The number of benzene rings is 1. The van der Waals surface area contributed by atoms with Gasteiger partial charge in [-0.1, -0.05) is 157 Å². The summed E-state index contributed by atoms with van der Waals surface area (Å²) in [5.74, 6) is 0. The quantitative estimate of drug-likeness (QED) is 0.160. The third-order valence-electron chi connectivity index (χ3n) is 10.6. The van der Waals surface area contributed by atoms with Gasteiger partial charge in [0, 0.05) is 55.1 Å². The molecule has 0 amide bonds. The molecular formula is C70H120N15+5. The van der Waals surface area contributed by atoms with E-state index in [1.54, 1.807) is 6.33 Å². The Morgan fingerprint density at radius 2 is 0.588 bits per heavy atom. The van der Waals surface area contributed by atoms with Crippen molar-refractivity contribution in [1.29, 1.82) is 0 Å². The van der Waals surface area contributed by atoms with Crippen LogP contribution in [0.25, 0.3) is 28.4 Å². The zero-order valence-corrected chi connectivity index (χ0v) is 59.0. The van der Waals surface area contributed by atoms with Crippen molar-refractivity contribution < 1.29 is 23.4 Å². The van der Waals surface area contributed by atoms with Crippen LogP contribution in [0, 0.1) is 34.6 Å². The molecule has 0 N–H and O–H groups in total. The Kier molecular flexibility index (Phi) is 56.7. The monoisotopic (exact) mass is 1170 g/mol. The van der Waals surface area contributed by atoms with E-state index >= 15 is 0 Å². The molecule has 0 spiro atoms. The normalized spacial score (nSPS) is 8.59. The summed E-state index contributed by atoms with van der Waals surface area (Å²) in [6, 6.07) is 26.4. The molecule has 10 rings (SSSR count). The molecule has 9 heterocycles. The van der Waals surface area contributed by atoms with Gasteiger partial charge < -0.3 is 0 Å². The van der Waals surface area contributed by atoms with Crippen molar-refractivity contribution in [1.82, 2.24) is 48.3 Å². The molecule has 0 saturated carbocycles. The standard InChI is InChI=1S/C11H13N2.3C10H12N3.C9H11N4.10C2H6/c1-10-6-3-4-7-11(10)13-9-5-8-12(13)2;1-9-8-11-5-4-10(9)13-7-3-6-12(13)2;1-9-4-5-11-8-10(9)13-7-3-6-12(13)2;1-9-10(5-3-6-11-9)13-8-4-7-12(13)2;1-8-9(6-10-7-11-8)13-5-3-4-12(13)2;10*1-2/h3-9H,1-2H3;3*3-8H,1-2H3;3-7H,1-2H3;10*1-2H3/q5*+1;;;;;;;;;;. The largest absolute Gasteiger partial charge is 0.264 e. The van der Waals surface area contributed by atoms with Gasteiger partial charge in [0.05, 0.1) is 54.8 Å². The lowest BCUT2D eigenvalue weighted by Gasteiger charge is -2.02. The maximum Gasteiger partial charge on any atom is 0.195 e. The van der Waals surface area contributed by atoms with Crippen LogP contribution in [0.1, 0.15) is 167 Å². The molecule has 0 aliphatic heterocycles. The van der Waals surface area contributed by atoms with Gasteiger partial charge >= 0.3 is 0 Å². The number of aromatic nitrogens is 15. The summed E-state index contributed by atoms with van der Waals surface area (Å²) in [7, 11) is 10.0. The fourth-order valence-electron chi connectivity index (χ4n) is 6.92. The molecule has 10 aromatic rings. The second kappa shape index (κ2) is 56.3. The number of para-hydroxylation sites is 1. The molecule has 0 unspecified atom stereocenters. The van der Waals surface area contributed by atoms with Crippen LogP contribution in [0.5, 0.6) is 0 Å². The van der Waals surface area contributed by atoms with Crippen LogP contribution < -0.4 is 23.4 Å². The number of aryl methyl sites for hydroxylation is 10. The number of hydrogen-bond donors (Lipinski definition) is 0. The van der Waals surface area contributed by atoms with Crippen molar-refractivity contribution in [2.45, 2.75) is 173 Å². The predicted molar refractivity (Wildman–Crippen MR) is 361 cm³/mol. The van der Waals surface area contributed by atoms with Crippen LogP contribution in [0.15, 0.2) is 184 Å². The van der Waals surface area contributed by atoms with E-state index in [1.165, 1.54) is 28.1 Å². The molecule has 15 heteroatoms. The van der Waals surface area contributed by atoms with E-state index in [1.807, 2.05) is 352 Å². The Labute approximate surface area is 518 Å². The molecule has 0 aliphatic rings. The van der Waals surface area contributed by atoms with Gasteiger partial charge in [-0.2, -0.15) is 0 Å². The average molecular weight is 1170 g/mol. The third-order valence-corrected chi connectivity index (χ3v) is 10.6.